The molecule has 0 saturated heterocycles. The highest BCUT2D eigenvalue weighted by atomic mass is 32.1. The molecule has 1 N–H and O–H groups in total. The van der Waals surface area contributed by atoms with Gasteiger partial charge in [-0.2, -0.15) is 0 Å². The lowest BCUT2D eigenvalue weighted by Gasteiger charge is -2.08. The standard InChI is InChI=1S/C14H16N2O2S/c1-4-13-15-8-12(19-13)14(17)16-10-5-6-11(18-3)9(2)7-10/h5-8H,4H2,1-3H3,(H,16,17). The smallest absolute Gasteiger partial charge is 0.267 e. The van der Waals surface area contributed by atoms with Crippen LogP contribution in [-0.4, -0.2) is 18.0 Å². The van der Waals surface area contributed by atoms with E-state index < -0.39 is 0 Å². The number of amides is 1. The molecule has 5 heteroatoms. The highest BCUT2D eigenvalue weighted by Gasteiger charge is 2.10. The minimum Gasteiger partial charge on any atom is -0.496 e. The third-order valence-electron chi connectivity index (χ3n) is 2.73. The van der Waals surface area contributed by atoms with E-state index in [0.29, 0.717) is 4.88 Å². The molecule has 1 aromatic carbocycles. The summed E-state index contributed by atoms with van der Waals surface area (Å²) in [5, 5.41) is 3.83. The van der Waals surface area contributed by atoms with Gasteiger partial charge >= 0.3 is 0 Å². The number of nitrogens with one attached hydrogen (secondary N) is 1. The molecular formula is C14H16N2O2S. The number of anilines is 1. The molecule has 1 amide bonds. The third kappa shape index (κ3) is 3.12. The summed E-state index contributed by atoms with van der Waals surface area (Å²) in [5.74, 6) is 0.686. The van der Waals surface area contributed by atoms with Gasteiger partial charge in [-0.1, -0.05) is 6.92 Å². The number of aromatic nitrogens is 1. The first-order chi connectivity index (χ1) is 9.13. The quantitative estimate of drug-likeness (QED) is 0.932. The summed E-state index contributed by atoms with van der Waals surface area (Å²) in [7, 11) is 1.63. The van der Waals surface area contributed by atoms with Crippen molar-refractivity contribution < 1.29 is 9.53 Å². The van der Waals surface area contributed by atoms with Crippen molar-refractivity contribution in [1.82, 2.24) is 4.98 Å². The minimum atomic E-state index is -0.123. The molecule has 0 atom stereocenters. The summed E-state index contributed by atoms with van der Waals surface area (Å²) in [4.78, 5) is 16.8. The molecule has 4 nitrogen and oxygen atoms in total. The molecule has 0 aliphatic heterocycles. The Bertz CT molecular complexity index is 593. The molecule has 0 aliphatic rings. The molecular weight excluding hydrogens is 260 g/mol. The van der Waals surface area contributed by atoms with Crippen LogP contribution in [0.15, 0.2) is 24.4 Å². The van der Waals surface area contributed by atoms with Crippen molar-refractivity contribution in [3.63, 3.8) is 0 Å². The molecule has 0 bridgehead atoms. The minimum absolute atomic E-state index is 0.123. The van der Waals surface area contributed by atoms with E-state index >= 15 is 0 Å². The van der Waals surface area contributed by atoms with Gasteiger partial charge in [-0.15, -0.1) is 11.3 Å². The molecule has 0 unspecified atom stereocenters. The zero-order valence-electron chi connectivity index (χ0n) is 11.2. The second-order valence-corrected chi connectivity index (χ2v) is 5.23. The van der Waals surface area contributed by atoms with Crippen LogP contribution in [0.25, 0.3) is 0 Å². The van der Waals surface area contributed by atoms with Gasteiger partial charge in [0.15, 0.2) is 0 Å². The summed E-state index contributed by atoms with van der Waals surface area (Å²) in [5.41, 5.74) is 1.74. The van der Waals surface area contributed by atoms with E-state index in [4.69, 9.17) is 4.74 Å². The van der Waals surface area contributed by atoms with E-state index in [-0.39, 0.29) is 5.91 Å². The molecule has 1 aromatic heterocycles. The summed E-state index contributed by atoms with van der Waals surface area (Å²) in [6.07, 6.45) is 2.47. The Morgan fingerprint density at radius 2 is 2.26 bits per heavy atom. The molecule has 19 heavy (non-hydrogen) atoms. The molecule has 0 saturated carbocycles. The van der Waals surface area contributed by atoms with Crippen molar-refractivity contribution in [3.8, 4) is 5.75 Å². The SMILES string of the molecule is CCc1ncc(C(=O)Nc2ccc(OC)c(C)c2)s1. The topological polar surface area (TPSA) is 51.2 Å². The predicted molar refractivity (Wildman–Crippen MR) is 77.2 cm³/mol. The number of ether oxygens (including phenoxy) is 1. The van der Waals surface area contributed by atoms with Gasteiger partial charge in [0.25, 0.3) is 5.91 Å². The van der Waals surface area contributed by atoms with Crippen molar-refractivity contribution in [2.75, 3.05) is 12.4 Å². The largest absolute Gasteiger partial charge is 0.496 e. The highest BCUT2D eigenvalue weighted by molar-refractivity contribution is 7.13. The van der Waals surface area contributed by atoms with Crippen LogP contribution in [0.4, 0.5) is 5.69 Å². The van der Waals surface area contributed by atoms with Crippen LogP contribution < -0.4 is 10.1 Å². The van der Waals surface area contributed by atoms with Gasteiger partial charge in [0.1, 0.15) is 10.6 Å². The molecule has 2 aromatic rings. The van der Waals surface area contributed by atoms with E-state index in [0.717, 1.165) is 28.4 Å². The maximum atomic E-state index is 12.0. The molecule has 0 aliphatic carbocycles. The van der Waals surface area contributed by atoms with Gasteiger partial charge < -0.3 is 10.1 Å². The van der Waals surface area contributed by atoms with Crippen LogP contribution in [0, 0.1) is 6.92 Å². The molecule has 100 valence electrons. The Labute approximate surface area is 116 Å². The van der Waals surface area contributed by atoms with Crippen LogP contribution in [0.3, 0.4) is 0 Å². The van der Waals surface area contributed by atoms with Crippen molar-refractivity contribution >= 4 is 22.9 Å². The van der Waals surface area contributed by atoms with Crippen LogP contribution in [0.5, 0.6) is 5.75 Å². The fourth-order valence-corrected chi connectivity index (χ4v) is 2.48. The molecule has 0 radical (unpaired) electrons. The number of rotatable bonds is 4. The number of hydrogen-bond acceptors (Lipinski definition) is 4. The number of hydrogen-bond donors (Lipinski definition) is 1. The van der Waals surface area contributed by atoms with E-state index in [1.165, 1.54) is 11.3 Å². The zero-order valence-corrected chi connectivity index (χ0v) is 12.0. The Balaban J connectivity index is 2.12. The Kier molecular flexibility index (Phi) is 4.16. The fraction of sp³-hybridized carbons (Fsp3) is 0.286. The van der Waals surface area contributed by atoms with E-state index in [2.05, 4.69) is 10.3 Å². The summed E-state index contributed by atoms with van der Waals surface area (Å²) < 4.78 is 5.19. The van der Waals surface area contributed by atoms with E-state index in [1.807, 2.05) is 32.0 Å². The normalized spacial score (nSPS) is 10.3. The van der Waals surface area contributed by atoms with Crippen LogP contribution in [0.2, 0.25) is 0 Å². The van der Waals surface area contributed by atoms with Gasteiger partial charge in [-0.3, -0.25) is 4.79 Å². The van der Waals surface area contributed by atoms with Gasteiger partial charge in [0.05, 0.1) is 18.3 Å². The summed E-state index contributed by atoms with van der Waals surface area (Å²) >= 11 is 1.42. The average molecular weight is 276 g/mol. The van der Waals surface area contributed by atoms with Gasteiger partial charge in [-0.25, -0.2) is 4.98 Å². The second kappa shape index (κ2) is 5.84. The number of nitrogens with zero attached hydrogens (tertiary/aromatic N) is 1. The van der Waals surface area contributed by atoms with Gasteiger partial charge in [0.2, 0.25) is 0 Å². The number of methoxy groups -OCH3 is 1. The summed E-state index contributed by atoms with van der Waals surface area (Å²) in [6, 6.07) is 5.55. The maximum absolute atomic E-state index is 12.0. The first-order valence-corrected chi connectivity index (χ1v) is 6.86. The van der Waals surface area contributed by atoms with Crippen molar-refractivity contribution in [2.45, 2.75) is 20.3 Å². The van der Waals surface area contributed by atoms with Gasteiger partial charge in [0, 0.05) is 5.69 Å². The number of carbonyl (C=O) groups is 1. The Hall–Kier alpha value is -1.88. The monoisotopic (exact) mass is 276 g/mol. The predicted octanol–water partition coefficient (Wildman–Crippen LogP) is 3.27. The second-order valence-electron chi connectivity index (χ2n) is 4.11. The third-order valence-corrected chi connectivity index (χ3v) is 3.87. The lowest BCUT2D eigenvalue weighted by atomic mass is 10.2. The number of benzene rings is 1. The van der Waals surface area contributed by atoms with Crippen LogP contribution in [-0.2, 0) is 6.42 Å². The van der Waals surface area contributed by atoms with Crippen molar-refractivity contribution in [3.05, 3.63) is 39.8 Å². The number of thiazole rings is 1. The Morgan fingerprint density at radius 3 is 2.84 bits per heavy atom. The van der Waals surface area contributed by atoms with Crippen molar-refractivity contribution in [1.29, 1.82) is 0 Å². The number of carbonyl (C=O) groups excluding carboxylic acids is 1. The lowest BCUT2D eigenvalue weighted by Crippen LogP contribution is -2.10. The first kappa shape index (κ1) is 13.5. The van der Waals surface area contributed by atoms with E-state index in [1.54, 1.807) is 13.3 Å². The van der Waals surface area contributed by atoms with Crippen LogP contribution >= 0.6 is 11.3 Å². The Morgan fingerprint density at radius 1 is 1.47 bits per heavy atom. The maximum Gasteiger partial charge on any atom is 0.267 e. The molecule has 1 heterocycles. The average Bonchev–Trinajstić information content (AvgIpc) is 2.88. The van der Waals surface area contributed by atoms with Crippen LogP contribution in [0.1, 0.15) is 27.2 Å². The molecule has 0 fully saturated rings. The molecule has 0 spiro atoms. The lowest BCUT2D eigenvalue weighted by molar-refractivity contribution is 0.103. The van der Waals surface area contributed by atoms with E-state index in [9.17, 15) is 4.79 Å². The molecule has 2 rings (SSSR count). The van der Waals surface area contributed by atoms with Gasteiger partial charge in [-0.05, 0) is 37.1 Å². The zero-order chi connectivity index (χ0) is 13.8. The summed E-state index contributed by atoms with van der Waals surface area (Å²) in [6.45, 7) is 3.96. The highest BCUT2D eigenvalue weighted by Crippen LogP contribution is 2.22. The first-order valence-electron chi connectivity index (χ1n) is 6.04. The fourth-order valence-electron chi connectivity index (χ4n) is 1.73. The number of aryl methyl sites for hydroxylation is 2. The van der Waals surface area contributed by atoms with Crippen molar-refractivity contribution in [2.24, 2.45) is 0 Å².